The number of hydrogen-bond acceptors (Lipinski definition) is 5. The number of carbonyl (C=O) groups excluding carboxylic acids is 1. The van der Waals surface area contributed by atoms with Crippen molar-refractivity contribution in [3.05, 3.63) is 65.9 Å². The van der Waals surface area contributed by atoms with Gasteiger partial charge in [0.15, 0.2) is 0 Å². The third-order valence-corrected chi connectivity index (χ3v) is 7.25. The van der Waals surface area contributed by atoms with Gasteiger partial charge in [0.1, 0.15) is 10.6 Å². The summed E-state index contributed by atoms with van der Waals surface area (Å²) in [5, 5.41) is 9.69. The van der Waals surface area contributed by atoms with E-state index < -0.39 is 10.0 Å². The van der Waals surface area contributed by atoms with E-state index in [2.05, 4.69) is 15.5 Å². The Morgan fingerprint density at radius 1 is 1.13 bits per heavy atom. The average molecular weight is 441 g/mol. The van der Waals surface area contributed by atoms with Crippen LogP contribution >= 0.6 is 0 Å². The fourth-order valence-corrected chi connectivity index (χ4v) is 5.29. The number of nitrogens with zero attached hydrogens (tertiary/aromatic N) is 2. The van der Waals surface area contributed by atoms with Gasteiger partial charge in [0.25, 0.3) is 5.91 Å². The highest BCUT2D eigenvalue weighted by atomic mass is 32.2. The molecule has 162 valence electrons. The Hall–Kier alpha value is -3.17. The molecule has 1 saturated heterocycles. The van der Waals surface area contributed by atoms with E-state index in [1.165, 1.54) is 23.5 Å². The first-order chi connectivity index (χ1) is 15.0. The summed E-state index contributed by atoms with van der Waals surface area (Å²) in [4.78, 5) is 12.7. The van der Waals surface area contributed by atoms with Gasteiger partial charge < -0.3 is 10.1 Å². The zero-order chi connectivity index (χ0) is 21.8. The lowest BCUT2D eigenvalue weighted by molar-refractivity contribution is 0.0950. The number of hydrogen-bond donors (Lipinski definition) is 2. The van der Waals surface area contributed by atoms with Crippen molar-refractivity contribution in [2.75, 3.05) is 20.2 Å². The second kappa shape index (κ2) is 8.91. The van der Waals surface area contributed by atoms with E-state index in [1.807, 2.05) is 30.3 Å². The SMILES string of the molecule is COc1ccc(C(=O)NCc2ccc(-c3ccn[nH]3)cc2)cc1S(=O)(=O)N1CCCC1. The summed E-state index contributed by atoms with van der Waals surface area (Å²) < 4.78 is 32.7. The molecule has 8 nitrogen and oxygen atoms in total. The van der Waals surface area contributed by atoms with Crippen LogP contribution in [0.25, 0.3) is 11.3 Å². The predicted molar refractivity (Wildman–Crippen MR) is 116 cm³/mol. The van der Waals surface area contributed by atoms with E-state index >= 15 is 0 Å². The van der Waals surface area contributed by atoms with Gasteiger partial charge in [-0.2, -0.15) is 9.40 Å². The molecule has 0 spiro atoms. The molecule has 1 amide bonds. The molecule has 0 bridgehead atoms. The Bertz CT molecular complexity index is 1150. The standard InChI is InChI=1S/C22H24N4O4S/c1-30-20-9-8-18(14-21(20)31(28,29)26-12-2-3-13-26)22(27)23-15-16-4-6-17(7-5-16)19-10-11-24-25-19/h4-11,14H,2-3,12-13,15H2,1H3,(H,23,27)(H,24,25). The van der Waals surface area contributed by atoms with Gasteiger partial charge in [-0.15, -0.1) is 0 Å². The lowest BCUT2D eigenvalue weighted by atomic mass is 10.1. The van der Waals surface area contributed by atoms with Crippen molar-refractivity contribution < 1.29 is 17.9 Å². The van der Waals surface area contributed by atoms with E-state index in [0.29, 0.717) is 19.6 Å². The van der Waals surface area contributed by atoms with Crippen LogP contribution in [0.2, 0.25) is 0 Å². The zero-order valence-corrected chi connectivity index (χ0v) is 18.0. The summed E-state index contributed by atoms with van der Waals surface area (Å²) in [6.07, 6.45) is 3.36. The van der Waals surface area contributed by atoms with Gasteiger partial charge >= 0.3 is 0 Å². The maximum Gasteiger partial charge on any atom is 0.251 e. The van der Waals surface area contributed by atoms with Crippen LogP contribution in [-0.2, 0) is 16.6 Å². The summed E-state index contributed by atoms with van der Waals surface area (Å²) in [6, 6.07) is 14.1. The summed E-state index contributed by atoms with van der Waals surface area (Å²) in [5.41, 5.74) is 3.11. The van der Waals surface area contributed by atoms with Gasteiger partial charge in [-0.3, -0.25) is 9.89 Å². The van der Waals surface area contributed by atoms with Crippen molar-refractivity contribution in [1.29, 1.82) is 0 Å². The van der Waals surface area contributed by atoms with Crippen LogP contribution in [-0.4, -0.2) is 49.0 Å². The summed E-state index contributed by atoms with van der Waals surface area (Å²) in [6.45, 7) is 1.29. The number of nitrogens with one attached hydrogen (secondary N) is 2. The molecule has 1 aliphatic heterocycles. The minimum Gasteiger partial charge on any atom is -0.495 e. The number of carbonyl (C=O) groups is 1. The molecule has 31 heavy (non-hydrogen) atoms. The first-order valence-corrected chi connectivity index (χ1v) is 11.5. The van der Waals surface area contributed by atoms with Gasteiger partial charge in [0.05, 0.1) is 12.8 Å². The number of H-pyrrole nitrogens is 1. The number of rotatable bonds is 7. The van der Waals surface area contributed by atoms with Gasteiger partial charge in [-0.1, -0.05) is 24.3 Å². The maximum absolute atomic E-state index is 13.0. The number of benzene rings is 2. The molecule has 1 aromatic heterocycles. The normalized spacial score (nSPS) is 14.5. The highest BCUT2D eigenvalue weighted by Gasteiger charge is 2.30. The Kier molecular flexibility index (Phi) is 6.06. The second-order valence-corrected chi connectivity index (χ2v) is 9.23. The van der Waals surface area contributed by atoms with Crippen LogP contribution in [0, 0.1) is 0 Å². The molecule has 2 aromatic carbocycles. The first kappa shape index (κ1) is 21.1. The van der Waals surface area contributed by atoms with Crippen LogP contribution in [0.4, 0.5) is 0 Å². The molecular weight excluding hydrogens is 416 g/mol. The highest BCUT2D eigenvalue weighted by molar-refractivity contribution is 7.89. The van der Waals surface area contributed by atoms with E-state index in [-0.39, 0.29) is 22.1 Å². The van der Waals surface area contributed by atoms with Gasteiger partial charge in [0.2, 0.25) is 10.0 Å². The topological polar surface area (TPSA) is 104 Å². The third-order valence-electron chi connectivity index (χ3n) is 5.33. The van der Waals surface area contributed by atoms with Crippen molar-refractivity contribution >= 4 is 15.9 Å². The van der Waals surface area contributed by atoms with Crippen molar-refractivity contribution in [3.8, 4) is 17.0 Å². The highest BCUT2D eigenvalue weighted by Crippen LogP contribution is 2.30. The number of amides is 1. The molecule has 9 heteroatoms. The van der Waals surface area contributed by atoms with Crippen molar-refractivity contribution in [2.24, 2.45) is 0 Å². The Labute approximate surface area is 181 Å². The molecule has 0 aliphatic carbocycles. The molecule has 3 aromatic rings. The Balaban J connectivity index is 1.48. The summed E-state index contributed by atoms with van der Waals surface area (Å²) in [5.74, 6) is -0.115. The van der Waals surface area contributed by atoms with E-state index in [9.17, 15) is 13.2 Å². The largest absolute Gasteiger partial charge is 0.495 e. The molecule has 2 heterocycles. The van der Waals surface area contributed by atoms with Crippen LogP contribution in [0.3, 0.4) is 0 Å². The van der Waals surface area contributed by atoms with E-state index in [0.717, 1.165) is 29.7 Å². The van der Waals surface area contributed by atoms with Crippen LogP contribution < -0.4 is 10.1 Å². The van der Waals surface area contributed by atoms with Crippen LogP contribution in [0.1, 0.15) is 28.8 Å². The Morgan fingerprint density at radius 3 is 2.52 bits per heavy atom. The Morgan fingerprint density at radius 2 is 1.87 bits per heavy atom. The lowest BCUT2D eigenvalue weighted by Crippen LogP contribution is -2.29. The fourth-order valence-electron chi connectivity index (χ4n) is 3.59. The van der Waals surface area contributed by atoms with Crippen molar-refractivity contribution in [1.82, 2.24) is 19.8 Å². The average Bonchev–Trinajstić information content (AvgIpc) is 3.52. The fraction of sp³-hybridized carbons (Fsp3) is 0.273. The van der Waals surface area contributed by atoms with Gasteiger partial charge in [-0.25, -0.2) is 8.42 Å². The maximum atomic E-state index is 13.0. The van der Waals surface area contributed by atoms with E-state index in [1.54, 1.807) is 12.3 Å². The van der Waals surface area contributed by atoms with Gasteiger partial charge in [0, 0.05) is 31.4 Å². The second-order valence-electron chi connectivity index (χ2n) is 7.33. The molecular formula is C22H24N4O4S. The predicted octanol–water partition coefficient (Wildman–Crippen LogP) is 2.80. The molecule has 0 saturated carbocycles. The number of methoxy groups -OCH3 is 1. The number of ether oxygens (including phenoxy) is 1. The lowest BCUT2D eigenvalue weighted by Gasteiger charge is -2.18. The van der Waals surface area contributed by atoms with E-state index in [4.69, 9.17) is 4.74 Å². The molecule has 4 rings (SSSR count). The molecule has 0 atom stereocenters. The third kappa shape index (κ3) is 4.47. The quantitative estimate of drug-likeness (QED) is 0.588. The zero-order valence-electron chi connectivity index (χ0n) is 17.2. The van der Waals surface area contributed by atoms with Crippen LogP contribution in [0.15, 0.2) is 59.6 Å². The van der Waals surface area contributed by atoms with Gasteiger partial charge in [-0.05, 0) is 48.2 Å². The number of aromatic amines is 1. The van der Waals surface area contributed by atoms with Crippen LogP contribution in [0.5, 0.6) is 5.75 Å². The molecule has 1 fully saturated rings. The monoisotopic (exact) mass is 440 g/mol. The first-order valence-electron chi connectivity index (χ1n) is 10.0. The number of aromatic nitrogens is 2. The smallest absolute Gasteiger partial charge is 0.251 e. The van der Waals surface area contributed by atoms with Crippen molar-refractivity contribution in [2.45, 2.75) is 24.3 Å². The summed E-state index contributed by atoms with van der Waals surface area (Å²) >= 11 is 0. The number of sulfonamides is 1. The van der Waals surface area contributed by atoms with Crippen molar-refractivity contribution in [3.63, 3.8) is 0 Å². The molecule has 0 unspecified atom stereocenters. The minimum atomic E-state index is -3.71. The summed E-state index contributed by atoms with van der Waals surface area (Å²) in [7, 11) is -2.29. The molecule has 0 radical (unpaired) electrons. The molecule has 2 N–H and O–H groups in total. The minimum absolute atomic E-state index is 0.0217. The molecule has 1 aliphatic rings.